The number of aliphatic carboxylic acids is 1. The van der Waals surface area contributed by atoms with Gasteiger partial charge in [0.1, 0.15) is 6.61 Å². The highest BCUT2D eigenvalue weighted by atomic mass is 16.5. The van der Waals surface area contributed by atoms with Crippen molar-refractivity contribution in [3.8, 4) is 0 Å². The lowest BCUT2D eigenvalue weighted by atomic mass is 10.2. The summed E-state index contributed by atoms with van der Waals surface area (Å²) >= 11 is 0. The summed E-state index contributed by atoms with van der Waals surface area (Å²) in [6, 6.07) is -0.508. The molecule has 8 heteroatoms. The monoisotopic (exact) mass is 256 g/mol. The van der Waals surface area contributed by atoms with E-state index >= 15 is 0 Å². The van der Waals surface area contributed by atoms with Gasteiger partial charge >= 0.3 is 12.0 Å². The van der Waals surface area contributed by atoms with Gasteiger partial charge in [0.2, 0.25) is 0 Å². The van der Waals surface area contributed by atoms with Crippen molar-refractivity contribution in [3.05, 3.63) is 18.0 Å². The van der Waals surface area contributed by atoms with Crippen LogP contribution in [0, 0.1) is 0 Å². The molecule has 1 atom stereocenters. The fraction of sp³-hybridized carbons (Fsp3) is 0.500. The molecule has 0 aromatic carbocycles. The summed E-state index contributed by atoms with van der Waals surface area (Å²) < 4.78 is 4.77. The highest BCUT2D eigenvalue weighted by Crippen LogP contribution is 2.07. The van der Waals surface area contributed by atoms with Gasteiger partial charge < -0.3 is 20.5 Å². The van der Waals surface area contributed by atoms with Gasteiger partial charge in [-0.1, -0.05) is 0 Å². The Morgan fingerprint density at radius 3 is 3.00 bits per heavy atom. The molecule has 0 spiro atoms. The van der Waals surface area contributed by atoms with Gasteiger partial charge in [-0.2, -0.15) is 5.10 Å². The molecular weight excluding hydrogens is 240 g/mol. The number of rotatable bonds is 7. The van der Waals surface area contributed by atoms with E-state index in [1.807, 2.05) is 6.92 Å². The number of nitrogens with one attached hydrogen (secondary N) is 3. The lowest BCUT2D eigenvalue weighted by molar-refractivity contribution is -0.142. The Balaban J connectivity index is 2.12. The molecule has 0 bridgehead atoms. The van der Waals surface area contributed by atoms with Crippen LogP contribution in [0.2, 0.25) is 0 Å². The molecule has 1 aromatic rings. The molecule has 0 aliphatic rings. The van der Waals surface area contributed by atoms with Crippen molar-refractivity contribution in [1.82, 2.24) is 20.8 Å². The number of nitrogens with zero attached hydrogens (tertiary/aromatic N) is 1. The SMILES string of the molecule is CC(NC(=O)NCCOCC(=O)O)c1cn[nH]c1. The molecule has 8 nitrogen and oxygen atoms in total. The molecule has 0 fully saturated rings. The highest BCUT2D eigenvalue weighted by molar-refractivity contribution is 5.74. The second-order valence-electron chi connectivity index (χ2n) is 3.60. The van der Waals surface area contributed by atoms with Gasteiger partial charge in [0.15, 0.2) is 0 Å². The van der Waals surface area contributed by atoms with Crippen LogP contribution in [0.5, 0.6) is 0 Å². The summed E-state index contributed by atoms with van der Waals surface area (Å²) in [5.41, 5.74) is 0.868. The van der Waals surface area contributed by atoms with E-state index in [2.05, 4.69) is 20.8 Å². The number of carboxylic acid groups (broad SMARTS) is 1. The van der Waals surface area contributed by atoms with Crippen LogP contribution in [0.15, 0.2) is 12.4 Å². The molecule has 0 aliphatic carbocycles. The number of amides is 2. The van der Waals surface area contributed by atoms with Gasteiger partial charge in [0.05, 0.1) is 18.8 Å². The number of hydrogen-bond acceptors (Lipinski definition) is 4. The normalized spacial score (nSPS) is 11.8. The maximum absolute atomic E-state index is 11.4. The van der Waals surface area contributed by atoms with Gasteiger partial charge in [0, 0.05) is 18.3 Å². The van der Waals surface area contributed by atoms with Crippen molar-refractivity contribution >= 4 is 12.0 Å². The summed E-state index contributed by atoms with van der Waals surface area (Å²) in [4.78, 5) is 21.6. The molecule has 4 N–H and O–H groups in total. The Morgan fingerprint density at radius 1 is 1.61 bits per heavy atom. The third kappa shape index (κ3) is 5.30. The summed E-state index contributed by atoms with van der Waals surface area (Å²) in [6.45, 7) is 1.86. The van der Waals surface area contributed by atoms with Crippen LogP contribution >= 0.6 is 0 Å². The second kappa shape index (κ2) is 7.28. The molecule has 1 unspecified atom stereocenters. The number of urea groups is 1. The van der Waals surface area contributed by atoms with Crippen molar-refractivity contribution in [2.45, 2.75) is 13.0 Å². The van der Waals surface area contributed by atoms with Crippen molar-refractivity contribution < 1.29 is 19.4 Å². The Bertz CT molecular complexity index is 379. The zero-order chi connectivity index (χ0) is 13.4. The van der Waals surface area contributed by atoms with Crippen LogP contribution in [0.1, 0.15) is 18.5 Å². The van der Waals surface area contributed by atoms with E-state index in [4.69, 9.17) is 9.84 Å². The number of H-pyrrole nitrogens is 1. The Hall–Kier alpha value is -2.09. The van der Waals surface area contributed by atoms with Crippen molar-refractivity contribution in [3.63, 3.8) is 0 Å². The van der Waals surface area contributed by atoms with Gasteiger partial charge in [-0.25, -0.2) is 9.59 Å². The first-order valence-electron chi connectivity index (χ1n) is 5.42. The van der Waals surface area contributed by atoms with Crippen LogP contribution < -0.4 is 10.6 Å². The minimum absolute atomic E-state index is 0.153. The Labute approximate surface area is 104 Å². The highest BCUT2D eigenvalue weighted by Gasteiger charge is 2.09. The summed E-state index contributed by atoms with van der Waals surface area (Å²) in [5, 5.41) is 20.0. The second-order valence-corrected chi connectivity index (χ2v) is 3.60. The number of carboxylic acids is 1. The van der Waals surface area contributed by atoms with Crippen molar-refractivity contribution in [2.75, 3.05) is 19.8 Å². The summed E-state index contributed by atoms with van der Waals surface area (Å²) in [7, 11) is 0. The first kappa shape index (κ1) is 14.0. The molecule has 1 heterocycles. The van der Waals surface area contributed by atoms with Crippen LogP contribution in [0.25, 0.3) is 0 Å². The van der Waals surface area contributed by atoms with E-state index in [-0.39, 0.29) is 31.8 Å². The van der Waals surface area contributed by atoms with Crippen LogP contribution in [-0.2, 0) is 9.53 Å². The average molecular weight is 256 g/mol. The van der Waals surface area contributed by atoms with E-state index in [1.54, 1.807) is 12.4 Å². The molecule has 1 aromatic heterocycles. The quantitative estimate of drug-likeness (QED) is 0.507. The lowest BCUT2D eigenvalue weighted by Gasteiger charge is -2.12. The van der Waals surface area contributed by atoms with Crippen molar-refractivity contribution in [2.24, 2.45) is 0 Å². The van der Waals surface area contributed by atoms with Crippen LogP contribution in [0.4, 0.5) is 4.79 Å². The maximum Gasteiger partial charge on any atom is 0.329 e. The number of carbonyl (C=O) groups excluding carboxylic acids is 1. The molecule has 0 radical (unpaired) electrons. The molecule has 0 aliphatic heterocycles. The largest absolute Gasteiger partial charge is 0.480 e. The molecule has 0 saturated carbocycles. The smallest absolute Gasteiger partial charge is 0.329 e. The zero-order valence-electron chi connectivity index (χ0n) is 9.97. The Kier molecular flexibility index (Phi) is 5.65. The molecule has 2 amide bonds. The number of aromatic nitrogens is 2. The summed E-state index contributed by atoms with van der Waals surface area (Å²) in [6.07, 6.45) is 3.32. The molecule has 18 heavy (non-hydrogen) atoms. The van der Waals surface area contributed by atoms with E-state index in [0.29, 0.717) is 0 Å². The summed E-state index contributed by atoms with van der Waals surface area (Å²) in [5.74, 6) is -1.03. The molecule has 0 saturated heterocycles. The molecule has 1 rings (SSSR count). The zero-order valence-corrected chi connectivity index (χ0v) is 9.97. The van der Waals surface area contributed by atoms with Crippen LogP contribution in [-0.4, -0.2) is 47.1 Å². The third-order valence-corrected chi connectivity index (χ3v) is 2.12. The number of ether oxygens (including phenoxy) is 1. The van der Waals surface area contributed by atoms with Gasteiger partial charge in [0.25, 0.3) is 0 Å². The van der Waals surface area contributed by atoms with Gasteiger partial charge in [-0.05, 0) is 6.92 Å². The van der Waals surface area contributed by atoms with Gasteiger partial charge in [-0.3, -0.25) is 5.10 Å². The number of aromatic amines is 1. The topological polar surface area (TPSA) is 116 Å². The fourth-order valence-electron chi connectivity index (χ4n) is 1.22. The van der Waals surface area contributed by atoms with E-state index in [1.165, 1.54) is 0 Å². The lowest BCUT2D eigenvalue weighted by Crippen LogP contribution is -2.38. The minimum Gasteiger partial charge on any atom is -0.480 e. The predicted octanol–water partition coefficient (Wildman–Crippen LogP) is -0.129. The van der Waals surface area contributed by atoms with E-state index < -0.39 is 5.97 Å². The minimum atomic E-state index is -1.03. The van der Waals surface area contributed by atoms with Crippen LogP contribution in [0.3, 0.4) is 0 Å². The van der Waals surface area contributed by atoms with E-state index in [0.717, 1.165) is 5.56 Å². The molecular formula is C10H16N4O4. The van der Waals surface area contributed by atoms with Gasteiger partial charge in [-0.15, -0.1) is 0 Å². The first-order chi connectivity index (χ1) is 8.59. The third-order valence-electron chi connectivity index (χ3n) is 2.12. The average Bonchev–Trinajstić information content (AvgIpc) is 2.81. The first-order valence-corrected chi connectivity index (χ1v) is 5.42. The van der Waals surface area contributed by atoms with E-state index in [9.17, 15) is 9.59 Å². The van der Waals surface area contributed by atoms with Crippen molar-refractivity contribution in [1.29, 1.82) is 0 Å². The maximum atomic E-state index is 11.4. The molecule has 100 valence electrons. The predicted molar refractivity (Wildman–Crippen MR) is 62.0 cm³/mol. The fourth-order valence-corrected chi connectivity index (χ4v) is 1.22. The number of carbonyl (C=O) groups is 2. The number of hydrogen-bond donors (Lipinski definition) is 4. The Morgan fingerprint density at radius 2 is 2.39 bits per heavy atom. The standard InChI is InChI=1S/C10H16N4O4/c1-7(8-4-12-13-5-8)14-10(17)11-2-3-18-6-9(15)16/h4-5,7H,2-3,6H2,1H3,(H,12,13)(H,15,16)(H2,11,14,17).